The molecule has 3 rings (SSSR count). The van der Waals surface area contributed by atoms with E-state index < -0.39 is 0 Å². The monoisotopic (exact) mass is 340 g/mol. The zero-order valence-electron chi connectivity index (χ0n) is 15.0. The highest BCUT2D eigenvalue weighted by Crippen LogP contribution is 2.15. The lowest BCUT2D eigenvalue weighted by molar-refractivity contribution is -0.132. The van der Waals surface area contributed by atoms with Gasteiger partial charge in [-0.3, -0.25) is 14.3 Å². The zero-order chi connectivity index (χ0) is 18.0. The molecule has 0 unspecified atom stereocenters. The van der Waals surface area contributed by atoms with E-state index in [9.17, 15) is 9.59 Å². The fourth-order valence-corrected chi connectivity index (χ4v) is 3.18. The highest BCUT2D eigenvalue weighted by Gasteiger charge is 2.30. The van der Waals surface area contributed by atoms with Crippen molar-refractivity contribution in [3.63, 3.8) is 0 Å². The van der Waals surface area contributed by atoms with Crippen LogP contribution in [-0.4, -0.2) is 57.1 Å². The lowest BCUT2D eigenvalue weighted by Crippen LogP contribution is -2.55. The minimum absolute atomic E-state index is 0.0107. The summed E-state index contributed by atoms with van der Waals surface area (Å²) in [6.07, 6.45) is 3.72. The smallest absolute Gasteiger partial charge is 0.257 e. The Morgan fingerprint density at radius 1 is 1.20 bits per heavy atom. The number of amides is 2. The van der Waals surface area contributed by atoms with Gasteiger partial charge in [0.05, 0.1) is 18.2 Å². The number of aryl methyl sites for hydroxylation is 2. The molecule has 6 nitrogen and oxygen atoms in total. The highest BCUT2D eigenvalue weighted by molar-refractivity contribution is 5.94. The third-order valence-electron chi connectivity index (χ3n) is 4.67. The van der Waals surface area contributed by atoms with Crippen molar-refractivity contribution >= 4 is 11.8 Å². The molecule has 0 saturated carbocycles. The second-order valence-corrected chi connectivity index (χ2v) is 6.75. The lowest BCUT2D eigenvalue weighted by atomic mass is 10.1. The zero-order valence-corrected chi connectivity index (χ0v) is 15.0. The molecule has 1 aromatic heterocycles. The van der Waals surface area contributed by atoms with Gasteiger partial charge in [0.2, 0.25) is 5.91 Å². The van der Waals surface area contributed by atoms with Crippen LogP contribution in [0.5, 0.6) is 0 Å². The molecule has 2 heterocycles. The Labute approximate surface area is 148 Å². The number of piperazine rings is 1. The van der Waals surface area contributed by atoms with Crippen molar-refractivity contribution in [3.05, 3.63) is 53.3 Å². The highest BCUT2D eigenvalue weighted by atomic mass is 16.2. The molecule has 132 valence electrons. The van der Waals surface area contributed by atoms with Gasteiger partial charge in [0.1, 0.15) is 0 Å². The number of aromatic nitrogens is 2. The van der Waals surface area contributed by atoms with Crippen LogP contribution in [0.4, 0.5) is 0 Å². The summed E-state index contributed by atoms with van der Waals surface area (Å²) < 4.78 is 1.62. The van der Waals surface area contributed by atoms with E-state index in [1.54, 1.807) is 24.1 Å². The molecule has 2 aromatic rings. The van der Waals surface area contributed by atoms with Crippen LogP contribution < -0.4 is 0 Å². The van der Waals surface area contributed by atoms with Gasteiger partial charge < -0.3 is 9.80 Å². The molecule has 0 spiro atoms. The molecule has 25 heavy (non-hydrogen) atoms. The maximum atomic E-state index is 12.6. The Morgan fingerprint density at radius 3 is 2.52 bits per heavy atom. The van der Waals surface area contributed by atoms with Crippen LogP contribution in [0.2, 0.25) is 0 Å². The van der Waals surface area contributed by atoms with Crippen LogP contribution in [0.25, 0.3) is 0 Å². The van der Waals surface area contributed by atoms with Crippen LogP contribution in [-0.2, 0) is 18.3 Å². The number of carbonyl (C=O) groups is 2. The molecular formula is C19H24N4O2. The quantitative estimate of drug-likeness (QED) is 0.853. The number of carbonyl (C=O) groups excluding carboxylic acids is 2. The summed E-state index contributed by atoms with van der Waals surface area (Å²) in [5, 5.41) is 4.06. The number of hydrogen-bond acceptors (Lipinski definition) is 3. The Balaban J connectivity index is 1.60. The Hall–Kier alpha value is -2.63. The molecule has 1 aromatic carbocycles. The van der Waals surface area contributed by atoms with E-state index in [0.29, 0.717) is 31.6 Å². The molecule has 1 aliphatic heterocycles. The van der Waals surface area contributed by atoms with E-state index in [0.717, 1.165) is 5.56 Å². The largest absolute Gasteiger partial charge is 0.339 e. The third-order valence-corrected chi connectivity index (χ3v) is 4.67. The van der Waals surface area contributed by atoms with Crippen LogP contribution >= 0.6 is 0 Å². The van der Waals surface area contributed by atoms with E-state index in [1.807, 2.05) is 47.9 Å². The van der Waals surface area contributed by atoms with Gasteiger partial charge in [-0.15, -0.1) is 0 Å². The molecule has 0 bridgehead atoms. The van der Waals surface area contributed by atoms with Gasteiger partial charge in [0, 0.05) is 38.9 Å². The van der Waals surface area contributed by atoms with Crippen molar-refractivity contribution in [1.82, 2.24) is 19.6 Å². The van der Waals surface area contributed by atoms with Gasteiger partial charge in [-0.1, -0.05) is 29.8 Å². The molecule has 2 amide bonds. The maximum absolute atomic E-state index is 12.6. The SMILES string of the molecule is Cc1ccc(CC(=O)N2CCN(C(=O)c3cnn(C)c3)[C@@H](C)C2)cc1. The molecule has 1 saturated heterocycles. The van der Waals surface area contributed by atoms with Gasteiger partial charge in [0.25, 0.3) is 5.91 Å². The number of rotatable bonds is 3. The van der Waals surface area contributed by atoms with Crippen molar-refractivity contribution in [2.45, 2.75) is 26.3 Å². The molecule has 0 N–H and O–H groups in total. The first-order valence-electron chi connectivity index (χ1n) is 8.57. The predicted octanol–water partition coefficient (Wildman–Crippen LogP) is 1.64. The van der Waals surface area contributed by atoms with E-state index in [1.165, 1.54) is 5.56 Å². The van der Waals surface area contributed by atoms with E-state index in [-0.39, 0.29) is 17.9 Å². The standard InChI is InChI=1S/C19H24N4O2/c1-14-4-6-16(7-5-14)10-18(24)22-8-9-23(15(2)12-22)19(25)17-11-20-21(3)13-17/h4-7,11,13,15H,8-10,12H2,1-3H3/t15-/m0/s1. The summed E-state index contributed by atoms with van der Waals surface area (Å²) in [7, 11) is 1.79. The van der Waals surface area contributed by atoms with Crippen LogP contribution in [0.15, 0.2) is 36.7 Å². The predicted molar refractivity (Wildman–Crippen MR) is 95.2 cm³/mol. The number of benzene rings is 1. The van der Waals surface area contributed by atoms with Crippen molar-refractivity contribution in [1.29, 1.82) is 0 Å². The third kappa shape index (κ3) is 3.90. The summed E-state index contributed by atoms with van der Waals surface area (Å²) in [6, 6.07) is 8.03. The maximum Gasteiger partial charge on any atom is 0.257 e. The van der Waals surface area contributed by atoms with Crippen molar-refractivity contribution < 1.29 is 9.59 Å². The average Bonchev–Trinajstić information content (AvgIpc) is 3.02. The van der Waals surface area contributed by atoms with Gasteiger partial charge in [0.15, 0.2) is 0 Å². The van der Waals surface area contributed by atoms with E-state index >= 15 is 0 Å². The lowest BCUT2D eigenvalue weighted by Gasteiger charge is -2.39. The van der Waals surface area contributed by atoms with E-state index in [4.69, 9.17) is 0 Å². The van der Waals surface area contributed by atoms with Crippen molar-refractivity contribution in [2.24, 2.45) is 7.05 Å². The second kappa shape index (κ2) is 7.09. The number of nitrogens with zero attached hydrogens (tertiary/aromatic N) is 4. The Morgan fingerprint density at radius 2 is 1.92 bits per heavy atom. The van der Waals surface area contributed by atoms with Gasteiger partial charge in [-0.25, -0.2) is 0 Å². The minimum Gasteiger partial charge on any atom is -0.339 e. The molecule has 6 heteroatoms. The molecular weight excluding hydrogens is 316 g/mol. The fourth-order valence-electron chi connectivity index (χ4n) is 3.18. The normalized spacial score (nSPS) is 17.6. The molecule has 0 aliphatic carbocycles. The summed E-state index contributed by atoms with van der Waals surface area (Å²) >= 11 is 0. The Bertz CT molecular complexity index is 766. The van der Waals surface area contributed by atoms with Crippen molar-refractivity contribution in [3.8, 4) is 0 Å². The summed E-state index contributed by atoms with van der Waals surface area (Å²) in [5.74, 6) is 0.0930. The first kappa shape index (κ1) is 17.2. The van der Waals surface area contributed by atoms with E-state index in [2.05, 4.69) is 5.10 Å². The Kier molecular flexibility index (Phi) is 4.88. The van der Waals surface area contributed by atoms with Crippen LogP contribution in [0.3, 0.4) is 0 Å². The average molecular weight is 340 g/mol. The number of hydrogen-bond donors (Lipinski definition) is 0. The summed E-state index contributed by atoms with van der Waals surface area (Å²) in [6.45, 7) is 5.71. The topological polar surface area (TPSA) is 58.4 Å². The van der Waals surface area contributed by atoms with Crippen LogP contribution in [0, 0.1) is 6.92 Å². The molecule has 1 fully saturated rings. The summed E-state index contributed by atoms with van der Waals surface area (Å²) in [5.41, 5.74) is 2.80. The second-order valence-electron chi connectivity index (χ2n) is 6.75. The van der Waals surface area contributed by atoms with Crippen molar-refractivity contribution in [2.75, 3.05) is 19.6 Å². The van der Waals surface area contributed by atoms with Gasteiger partial charge in [-0.2, -0.15) is 5.10 Å². The molecule has 1 aliphatic rings. The van der Waals surface area contributed by atoms with Gasteiger partial charge in [-0.05, 0) is 19.4 Å². The minimum atomic E-state index is -0.0220. The molecule has 1 atom stereocenters. The first-order chi connectivity index (χ1) is 11.9. The van der Waals surface area contributed by atoms with Crippen LogP contribution in [0.1, 0.15) is 28.4 Å². The summed E-state index contributed by atoms with van der Waals surface area (Å²) in [4.78, 5) is 28.8. The van der Waals surface area contributed by atoms with Gasteiger partial charge >= 0.3 is 0 Å². The first-order valence-corrected chi connectivity index (χ1v) is 8.57. The molecule has 0 radical (unpaired) electrons. The fraction of sp³-hybridized carbons (Fsp3) is 0.421.